The second-order valence-electron chi connectivity index (χ2n) is 9.17. The fraction of sp³-hybridized carbons (Fsp3) is 0.500. The Labute approximate surface area is 178 Å². The second kappa shape index (κ2) is 10.4. The molecule has 0 aliphatic rings. The van der Waals surface area contributed by atoms with Crippen molar-refractivity contribution in [3.8, 4) is 0 Å². The van der Waals surface area contributed by atoms with Crippen molar-refractivity contribution in [3.63, 3.8) is 0 Å². The molecular formula is C26H38O2Si. The number of hydrogen-bond donors (Lipinski definition) is 0. The predicted molar refractivity (Wildman–Crippen MR) is 126 cm³/mol. The second-order valence-corrected chi connectivity index (χ2v) is 14.6. The number of hydrogen-bond acceptors (Lipinski definition) is 2. The van der Waals surface area contributed by atoms with Crippen LogP contribution in [0.3, 0.4) is 0 Å². The van der Waals surface area contributed by atoms with Gasteiger partial charge < -0.3 is 4.43 Å². The summed E-state index contributed by atoms with van der Waals surface area (Å²) in [7, 11) is -2.11. The third kappa shape index (κ3) is 5.46. The van der Waals surface area contributed by atoms with Gasteiger partial charge in [0.2, 0.25) is 8.32 Å². The van der Waals surface area contributed by atoms with Crippen molar-refractivity contribution in [2.45, 2.75) is 83.5 Å². The van der Waals surface area contributed by atoms with E-state index in [2.05, 4.69) is 72.7 Å². The Kier molecular flexibility index (Phi) is 8.42. The smallest absolute Gasteiger partial charge is 0.200 e. The van der Waals surface area contributed by atoms with Crippen LogP contribution in [0, 0.1) is 0 Å². The summed E-state index contributed by atoms with van der Waals surface area (Å²) in [6.07, 6.45) is 0.296. The van der Waals surface area contributed by atoms with E-state index in [4.69, 9.17) is 4.43 Å². The topological polar surface area (TPSA) is 26.3 Å². The van der Waals surface area contributed by atoms with Crippen molar-refractivity contribution >= 4 is 14.1 Å². The Hall–Kier alpha value is -1.71. The lowest BCUT2D eigenvalue weighted by atomic mass is 9.91. The van der Waals surface area contributed by atoms with Crippen LogP contribution in [0.25, 0.3) is 0 Å². The first-order valence-electron chi connectivity index (χ1n) is 11.0. The highest BCUT2D eigenvalue weighted by Gasteiger charge is 2.47. The molecule has 2 rings (SSSR count). The van der Waals surface area contributed by atoms with Crippen LogP contribution < -0.4 is 0 Å². The first kappa shape index (κ1) is 23.6. The van der Waals surface area contributed by atoms with Gasteiger partial charge in [-0.3, -0.25) is 4.79 Å². The standard InChI is InChI=1S/C26H38O2Si/c1-19(2)29(20(3)4,21(5)6)28-26(22(7)23-14-10-8-11-15-23)18-25(27)24-16-12-9-13-17-24/h8-17,19-22,26H,18H2,1-7H3/t22-,26-/m1/s1. The fourth-order valence-corrected chi connectivity index (χ4v) is 10.5. The van der Waals surface area contributed by atoms with Crippen molar-refractivity contribution in [3.05, 3.63) is 71.8 Å². The van der Waals surface area contributed by atoms with E-state index < -0.39 is 8.32 Å². The summed E-state index contributed by atoms with van der Waals surface area (Å²) in [4.78, 5) is 13.1. The summed E-state index contributed by atoms with van der Waals surface area (Å²) in [5.74, 6) is 0.324. The van der Waals surface area contributed by atoms with Gasteiger partial charge in [-0.25, -0.2) is 0 Å². The van der Waals surface area contributed by atoms with Crippen LogP contribution in [0.4, 0.5) is 0 Å². The maximum atomic E-state index is 13.1. The molecule has 0 spiro atoms. The number of Topliss-reactive ketones (excluding diaryl/α,β-unsaturated/α-hetero) is 1. The highest BCUT2D eigenvalue weighted by molar-refractivity contribution is 6.77. The van der Waals surface area contributed by atoms with E-state index in [-0.39, 0.29) is 17.8 Å². The van der Waals surface area contributed by atoms with Crippen molar-refractivity contribution in [2.24, 2.45) is 0 Å². The molecule has 2 nitrogen and oxygen atoms in total. The van der Waals surface area contributed by atoms with Crippen LogP contribution in [-0.4, -0.2) is 20.2 Å². The lowest BCUT2D eigenvalue weighted by Crippen LogP contribution is -2.51. The highest BCUT2D eigenvalue weighted by Crippen LogP contribution is 2.45. The van der Waals surface area contributed by atoms with Crippen LogP contribution in [-0.2, 0) is 4.43 Å². The zero-order chi connectivity index (χ0) is 21.6. The van der Waals surface area contributed by atoms with Crippen molar-refractivity contribution < 1.29 is 9.22 Å². The molecule has 158 valence electrons. The van der Waals surface area contributed by atoms with E-state index >= 15 is 0 Å². The zero-order valence-corrected chi connectivity index (χ0v) is 20.2. The number of carbonyl (C=O) groups is 1. The molecule has 3 heteroatoms. The Morgan fingerprint density at radius 3 is 1.66 bits per heavy atom. The maximum Gasteiger partial charge on any atom is 0.200 e. The normalized spacial score (nSPS) is 14.4. The van der Waals surface area contributed by atoms with E-state index in [9.17, 15) is 4.79 Å². The lowest BCUT2D eigenvalue weighted by Gasteiger charge is -2.46. The van der Waals surface area contributed by atoms with Crippen LogP contribution in [0.2, 0.25) is 16.6 Å². The molecule has 0 unspecified atom stereocenters. The minimum Gasteiger partial charge on any atom is -0.412 e. The lowest BCUT2D eigenvalue weighted by molar-refractivity contribution is 0.0852. The molecule has 0 N–H and O–H groups in total. The van der Waals surface area contributed by atoms with Crippen LogP contribution in [0.1, 0.15) is 76.7 Å². The summed E-state index contributed by atoms with van der Waals surface area (Å²) in [5.41, 5.74) is 3.46. The van der Waals surface area contributed by atoms with E-state index in [1.165, 1.54) is 5.56 Å². The van der Waals surface area contributed by atoms with E-state index in [0.29, 0.717) is 23.0 Å². The molecule has 0 aromatic heterocycles. The number of rotatable bonds is 10. The van der Waals surface area contributed by atoms with Gasteiger partial charge in [-0.15, -0.1) is 0 Å². The van der Waals surface area contributed by atoms with Gasteiger partial charge in [0.25, 0.3) is 0 Å². The largest absolute Gasteiger partial charge is 0.412 e. The molecule has 29 heavy (non-hydrogen) atoms. The van der Waals surface area contributed by atoms with Gasteiger partial charge in [0.1, 0.15) is 0 Å². The molecule has 0 aliphatic carbocycles. The quantitative estimate of drug-likeness (QED) is 0.297. The third-order valence-corrected chi connectivity index (χ3v) is 12.6. The average molecular weight is 411 g/mol. The minimum atomic E-state index is -2.11. The summed E-state index contributed by atoms with van der Waals surface area (Å²) in [6.45, 7) is 16.0. The molecule has 0 amide bonds. The molecule has 0 saturated carbocycles. The van der Waals surface area contributed by atoms with Gasteiger partial charge in [-0.1, -0.05) is 109 Å². The number of benzene rings is 2. The van der Waals surface area contributed by atoms with Crippen LogP contribution in [0.15, 0.2) is 60.7 Å². The summed E-state index contributed by atoms with van der Waals surface area (Å²) in [5, 5.41) is 0. The van der Waals surface area contributed by atoms with Crippen molar-refractivity contribution in [2.75, 3.05) is 0 Å². The average Bonchev–Trinajstić information content (AvgIpc) is 2.70. The van der Waals surface area contributed by atoms with Gasteiger partial charge in [0, 0.05) is 17.9 Å². The summed E-state index contributed by atoms with van der Waals surface area (Å²) < 4.78 is 7.15. The summed E-state index contributed by atoms with van der Waals surface area (Å²) >= 11 is 0. The molecule has 2 atom stereocenters. The van der Waals surface area contributed by atoms with Crippen LogP contribution >= 0.6 is 0 Å². The molecule has 0 radical (unpaired) electrons. The number of ketones is 1. The fourth-order valence-electron chi connectivity index (χ4n) is 4.89. The Morgan fingerprint density at radius 2 is 1.21 bits per heavy atom. The van der Waals surface area contributed by atoms with Gasteiger partial charge >= 0.3 is 0 Å². The van der Waals surface area contributed by atoms with Gasteiger partial charge in [0.05, 0.1) is 6.10 Å². The highest BCUT2D eigenvalue weighted by atomic mass is 28.4. The molecular weight excluding hydrogens is 372 g/mol. The number of carbonyl (C=O) groups excluding carboxylic acids is 1. The first-order chi connectivity index (χ1) is 13.7. The van der Waals surface area contributed by atoms with E-state index in [1.807, 2.05) is 36.4 Å². The monoisotopic (exact) mass is 410 g/mol. The van der Waals surface area contributed by atoms with Crippen LogP contribution in [0.5, 0.6) is 0 Å². The van der Waals surface area contributed by atoms with Gasteiger partial charge in [-0.2, -0.15) is 0 Å². The molecule has 0 aliphatic heterocycles. The van der Waals surface area contributed by atoms with E-state index in [1.54, 1.807) is 0 Å². The molecule has 0 fully saturated rings. The third-order valence-electron chi connectivity index (χ3n) is 6.43. The molecule has 0 bridgehead atoms. The first-order valence-corrected chi connectivity index (χ1v) is 13.1. The minimum absolute atomic E-state index is 0.121. The molecule has 0 heterocycles. The Balaban J connectivity index is 2.41. The van der Waals surface area contributed by atoms with Crippen molar-refractivity contribution in [1.82, 2.24) is 0 Å². The Morgan fingerprint density at radius 1 is 0.759 bits per heavy atom. The Bertz CT molecular complexity index is 731. The maximum absolute atomic E-state index is 13.1. The molecule has 0 saturated heterocycles. The summed E-state index contributed by atoms with van der Waals surface area (Å²) in [6, 6.07) is 20.1. The molecule has 2 aromatic rings. The van der Waals surface area contributed by atoms with Gasteiger partial charge in [0.15, 0.2) is 5.78 Å². The predicted octanol–water partition coefficient (Wildman–Crippen LogP) is 7.62. The SMILES string of the molecule is CC(C)[Si](O[C@H](CC(=O)c1ccccc1)[C@H](C)c1ccccc1)(C(C)C)C(C)C. The molecule has 2 aromatic carbocycles. The van der Waals surface area contributed by atoms with Gasteiger partial charge in [-0.05, 0) is 22.2 Å². The van der Waals surface area contributed by atoms with Crippen molar-refractivity contribution in [1.29, 1.82) is 0 Å². The van der Waals surface area contributed by atoms with E-state index in [0.717, 1.165) is 5.56 Å². The zero-order valence-electron chi connectivity index (χ0n) is 19.2.